The molecule has 0 saturated carbocycles. The van der Waals surface area contributed by atoms with Crippen molar-refractivity contribution in [3.8, 4) is 0 Å². The van der Waals surface area contributed by atoms with Crippen LogP contribution in [0, 0.1) is 0 Å². The zero-order valence-electron chi connectivity index (χ0n) is 5.24. The second kappa shape index (κ2) is 3.03. The maximum Gasteiger partial charge on any atom is 0.0822 e. The molecule has 1 aromatic rings. The highest BCUT2D eigenvalue weighted by molar-refractivity contribution is 9.10. The van der Waals surface area contributed by atoms with E-state index >= 15 is 0 Å². The van der Waals surface area contributed by atoms with Crippen LogP contribution in [0.4, 0.5) is 0 Å². The molecule has 2 nitrogen and oxygen atoms in total. The molecule has 2 N–H and O–H groups in total. The molecular formula is C6H9BrN2. The number of halogens is 1. The predicted octanol–water partition coefficient (Wildman–Crippen LogP) is 1.50. The fourth-order valence-electron chi connectivity index (χ4n) is 0.704. The van der Waals surface area contributed by atoms with Crippen molar-refractivity contribution in [2.75, 3.05) is 7.05 Å². The van der Waals surface area contributed by atoms with Gasteiger partial charge in [0, 0.05) is 12.2 Å². The first-order chi connectivity index (χ1) is 4.33. The number of hydrogen-bond donors (Lipinski definition) is 2. The molecule has 0 aliphatic rings. The summed E-state index contributed by atoms with van der Waals surface area (Å²) < 4.78 is 1.03. The lowest BCUT2D eigenvalue weighted by atomic mass is 10.4. The first kappa shape index (κ1) is 6.83. The third-order valence-electron chi connectivity index (χ3n) is 1.08. The molecule has 1 heterocycles. The molecule has 0 amide bonds. The van der Waals surface area contributed by atoms with E-state index in [0.717, 1.165) is 11.1 Å². The lowest BCUT2D eigenvalue weighted by Gasteiger charge is -1.91. The van der Waals surface area contributed by atoms with Crippen LogP contribution in [-0.2, 0) is 6.54 Å². The summed E-state index contributed by atoms with van der Waals surface area (Å²) >= 11 is 3.32. The van der Waals surface area contributed by atoms with Gasteiger partial charge in [0.2, 0.25) is 0 Å². The van der Waals surface area contributed by atoms with Crippen molar-refractivity contribution in [2.24, 2.45) is 0 Å². The van der Waals surface area contributed by atoms with Crippen LogP contribution in [0.25, 0.3) is 0 Å². The van der Waals surface area contributed by atoms with Crippen LogP contribution in [0.2, 0.25) is 0 Å². The van der Waals surface area contributed by atoms with Crippen molar-refractivity contribution in [1.82, 2.24) is 10.3 Å². The molecule has 0 aliphatic carbocycles. The van der Waals surface area contributed by atoms with Crippen LogP contribution in [0.3, 0.4) is 0 Å². The van der Waals surface area contributed by atoms with Crippen molar-refractivity contribution < 1.29 is 0 Å². The zero-order chi connectivity index (χ0) is 6.69. The van der Waals surface area contributed by atoms with Gasteiger partial charge in [-0.2, -0.15) is 0 Å². The van der Waals surface area contributed by atoms with E-state index in [0.29, 0.717) is 0 Å². The lowest BCUT2D eigenvalue weighted by Crippen LogP contribution is -2.04. The average Bonchev–Trinajstić information content (AvgIpc) is 2.17. The molecule has 0 spiro atoms. The lowest BCUT2D eigenvalue weighted by molar-refractivity contribution is 0.796. The first-order valence-corrected chi connectivity index (χ1v) is 3.60. The van der Waals surface area contributed by atoms with E-state index in [1.165, 1.54) is 5.69 Å². The van der Waals surface area contributed by atoms with Gasteiger partial charge in [-0.25, -0.2) is 0 Å². The molecule has 0 aromatic carbocycles. The number of H-pyrrole nitrogens is 1. The molecule has 1 aromatic heterocycles. The van der Waals surface area contributed by atoms with Crippen LogP contribution < -0.4 is 5.32 Å². The Bertz CT molecular complexity index is 183. The van der Waals surface area contributed by atoms with Gasteiger partial charge >= 0.3 is 0 Å². The van der Waals surface area contributed by atoms with Gasteiger partial charge in [-0.15, -0.1) is 0 Å². The standard InChI is InChI=1S/C6H9BrN2/c1-8-4-5-2-3-6(7)9-5/h2-3,8-9H,4H2,1H3. The second-order valence-electron chi connectivity index (χ2n) is 1.86. The maximum absolute atomic E-state index is 3.32. The van der Waals surface area contributed by atoms with Gasteiger partial charge in [0.15, 0.2) is 0 Å². The van der Waals surface area contributed by atoms with Gasteiger partial charge in [0.05, 0.1) is 4.60 Å². The first-order valence-electron chi connectivity index (χ1n) is 2.81. The summed E-state index contributed by atoms with van der Waals surface area (Å²) in [7, 11) is 1.93. The molecule has 0 fully saturated rings. The minimum Gasteiger partial charge on any atom is -0.352 e. The molecule has 0 saturated heterocycles. The fraction of sp³-hybridized carbons (Fsp3) is 0.333. The normalized spacial score (nSPS) is 10.0. The molecule has 0 radical (unpaired) electrons. The molecule has 9 heavy (non-hydrogen) atoms. The highest BCUT2D eigenvalue weighted by Gasteiger charge is 1.91. The summed E-state index contributed by atoms with van der Waals surface area (Å²) in [5, 5.41) is 3.05. The molecule has 0 atom stereocenters. The maximum atomic E-state index is 3.32. The second-order valence-corrected chi connectivity index (χ2v) is 2.72. The molecule has 0 bridgehead atoms. The summed E-state index contributed by atoms with van der Waals surface area (Å²) in [6.45, 7) is 0.894. The third kappa shape index (κ3) is 1.84. The minimum atomic E-state index is 0.894. The van der Waals surface area contributed by atoms with E-state index in [1.54, 1.807) is 0 Å². The Morgan fingerprint density at radius 3 is 2.89 bits per heavy atom. The van der Waals surface area contributed by atoms with Crippen molar-refractivity contribution in [3.05, 3.63) is 22.4 Å². The molecule has 0 unspecified atom stereocenters. The third-order valence-corrected chi connectivity index (χ3v) is 1.54. The Morgan fingerprint density at radius 2 is 2.44 bits per heavy atom. The van der Waals surface area contributed by atoms with Gasteiger partial charge in [0.25, 0.3) is 0 Å². The number of aromatic nitrogens is 1. The summed E-state index contributed by atoms with van der Waals surface area (Å²) in [4.78, 5) is 3.13. The monoisotopic (exact) mass is 188 g/mol. The minimum absolute atomic E-state index is 0.894. The van der Waals surface area contributed by atoms with Crippen LogP contribution >= 0.6 is 15.9 Å². The van der Waals surface area contributed by atoms with Crippen LogP contribution in [-0.4, -0.2) is 12.0 Å². The predicted molar refractivity (Wildman–Crippen MR) is 41.3 cm³/mol. The number of aromatic amines is 1. The SMILES string of the molecule is CNCc1ccc(Br)[nH]1. The number of hydrogen-bond acceptors (Lipinski definition) is 1. The van der Waals surface area contributed by atoms with Crippen LogP contribution in [0.1, 0.15) is 5.69 Å². The van der Waals surface area contributed by atoms with Crippen LogP contribution in [0.15, 0.2) is 16.7 Å². The summed E-state index contributed by atoms with van der Waals surface area (Å²) in [5.74, 6) is 0. The van der Waals surface area contributed by atoms with Crippen LogP contribution in [0.5, 0.6) is 0 Å². The fourth-order valence-corrected chi connectivity index (χ4v) is 1.09. The average molecular weight is 189 g/mol. The van der Waals surface area contributed by atoms with E-state index in [4.69, 9.17) is 0 Å². The van der Waals surface area contributed by atoms with Crippen molar-refractivity contribution in [1.29, 1.82) is 0 Å². The van der Waals surface area contributed by atoms with E-state index in [1.807, 2.05) is 19.2 Å². The molecule has 0 aliphatic heterocycles. The summed E-state index contributed by atoms with van der Waals surface area (Å²) in [6, 6.07) is 4.03. The van der Waals surface area contributed by atoms with Gasteiger partial charge in [-0.1, -0.05) is 0 Å². The van der Waals surface area contributed by atoms with E-state index in [9.17, 15) is 0 Å². The smallest absolute Gasteiger partial charge is 0.0822 e. The van der Waals surface area contributed by atoms with Crippen molar-refractivity contribution >= 4 is 15.9 Å². The molecule has 3 heteroatoms. The Balaban J connectivity index is 2.61. The zero-order valence-corrected chi connectivity index (χ0v) is 6.83. The largest absolute Gasteiger partial charge is 0.352 e. The van der Waals surface area contributed by atoms with Gasteiger partial charge in [-0.05, 0) is 35.1 Å². The Kier molecular flexibility index (Phi) is 2.30. The van der Waals surface area contributed by atoms with E-state index < -0.39 is 0 Å². The molecular weight excluding hydrogens is 180 g/mol. The topological polar surface area (TPSA) is 27.8 Å². The van der Waals surface area contributed by atoms with Crippen molar-refractivity contribution in [2.45, 2.75) is 6.54 Å². The Hall–Kier alpha value is -0.280. The van der Waals surface area contributed by atoms with E-state index in [2.05, 4.69) is 26.2 Å². The Morgan fingerprint density at radius 1 is 1.67 bits per heavy atom. The summed E-state index contributed by atoms with van der Waals surface area (Å²) in [6.07, 6.45) is 0. The molecule has 50 valence electrons. The van der Waals surface area contributed by atoms with Gasteiger partial charge in [0.1, 0.15) is 0 Å². The Labute approximate surface area is 62.8 Å². The highest BCUT2D eigenvalue weighted by Crippen LogP contribution is 2.07. The quantitative estimate of drug-likeness (QED) is 0.724. The van der Waals surface area contributed by atoms with Crippen molar-refractivity contribution in [3.63, 3.8) is 0 Å². The number of nitrogens with one attached hydrogen (secondary N) is 2. The van der Waals surface area contributed by atoms with E-state index in [-0.39, 0.29) is 0 Å². The summed E-state index contributed by atoms with van der Waals surface area (Å²) in [5.41, 5.74) is 1.20. The van der Waals surface area contributed by atoms with Gasteiger partial charge in [-0.3, -0.25) is 0 Å². The molecule has 1 rings (SSSR count). The number of rotatable bonds is 2. The highest BCUT2D eigenvalue weighted by atomic mass is 79.9. The van der Waals surface area contributed by atoms with Gasteiger partial charge < -0.3 is 10.3 Å².